The summed E-state index contributed by atoms with van der Waals surface area (Å²) in [6.45, 7) is 4.20. The van der Waals surface area contributed by atoms with Crippen molar-refractivity contribution in [2.75, 3.05) is 45.0 Å². The summed E-state index contributed by atoms with van der Waals surface area (Å²) in [5.41, 5.74) is 1.68. The van der Waals surface area contributed by atoms with Gasteiger partial charge in [-0.2, -0.15) is 0 Å². The molecule has 1 aromatic rings. The molecule has 28 heavy (non-hydrogen) atoms. The fraction of sp³-hybridized carbons (Fsp3) is 0.400. The zero-order valence-electron chi connectivity index (χ0n) is 15.7. The molecule has 1 amide bonds. The van der Waals surface area contributed by atoms with Crippen molar-refractivity contribution >= 4 is 21.8 Å². The molecule has 0 spiro atoms. The van der Waals surface area contributed by atoms with E-state index in [1.54, 1.807) is 28.2 Å². The normalized spacial score (nSPS) is 21.7. The van der Waals surface area contributed by atoms with Crippen LogP contribution < -0.4 is 0 Å². The van der Waals surface area contributed by atoms with E-state index in [2.05, 4.69) is 33.6 Å². The van der Waals surface area contributed by atoms with Crippen LogP contribution in [0.1, 0.15) is 5.56 Å². The first-order valence-electron chi connectivity index (χ1n) is 9.55. The molecule has 0 saturated carbocycles. The molecule has 0 unspecified atom stereocenters. The highest BCUT2D eigenvalue weighted by Crippen LogP contribution is 2.20. The summed E-state index contributed by atoms with van der Waals surface area (Å²) < 4.78 is 27.6. The van der Waals surface area contributed by atoms with Gasteiger partial charge in [-0.05, 0) is 24.1 Å². The van der Waals surface area contributed by atoms with Gasteiger partial charge in [0.25, 0.3) is 15.9 Å². The van der Waals surface area contributed by atoms with Gasteiger partial charge in [-0.15, -0.1) is 4.40 Å². The lowest BCUT2D eigenvalue weighted by Gasteiger charge is -2.36. The number of benzene rings is 1. The Labute approximate surface area is 165 Å². The van der Waals surface area contributed by atoms with E-state index in [4.69, 9.17) is 0 Å². The van der Waals surface area contributed by atoms with Crippen LogP contribution in [0.25, 0.3) is 0 Å². The van der Waals surface area contributed by atoms with Crippen LogP contribution in [-0.2, 0) is 21.2 Å². The van der Waals surface area contributed by atoms with Crippen LogP contribution in [0.2, 0.25) is 0 Å². The Balaban J connectivity index is 1.37. The van der Waals surface area contributed by atoms with Crippen molar-refractivity contribution in [1.29, 1.82) is 0 Å². The standard InChI is InChI=1S/C20H24N4O3S/c25-20(18-7-4-9-23-15-16-28(26,27)21-19(18)23)24-13-11-22(12-14-24)10-8-17-5-2-1-3-6-17/h1-7,9H,8,10-16H2. The zero-order chi connectivity index (χ0) is 19.6. The first-order valence-corrected chi connectivity index (χ1v) is 11.2. The summed E-state index contributed by atoms with van der Waals surface area (Å²) in [5, 5.41) is 0. The Kier molecular flexibility index (Phi) is 5.32. The molecule has 1 saturated heterocycles. The number of carbonyl (C=O) groups excluding carboxylic acids is 1. The average Bonchev–Trinajstić information content (AvgIpc) is 2.72. The molecule has 1 aromatic carbocycles. The summed E-state index contributed by atoms with van der Waals surface area (Å²) in [6, 6.07) is 10.4. The minimum atomic E-state index is -3.50. The van der Waals surface area contributed by atoms with Crippen LogP contribution >= 0.6 is 0 Å². The van der Waals surface area contributed by atoms with Gasteiger partial charge in [-0.3, -0.25) is 9.69 Å². The largest absolute Gasteiger partial charge is 0.336 e. The molecule has 0 atom stereocenters. The number of hydrogen-bond donors (Lipinski definition) is 0. The van der Waals surface area contributed by atoms with Crippen LogP contribution in [0.3, 0.4) is 0 Å². The third kappa shape index (κ3) is 4.18. The molecule has 0 aromatic heterocycles. The molecule has 0 bridgehead atoms. The second kappa shape index (κ2) is 7.89. The molecule has 4 rings (SSSR count). The van der Waals surface area contributed by atoms with Crippen LogP contribution in [-0.4, -0.2) is 79.9 Å². The molecule has 8 heteroatoms. The number of fused-ring (bicyclic) bond motifs is 1. The minimum absolute atomic E-state index is 0.0254. The number of rotatable bonds is 4. The second-order valence-corrected chi connectivity index (χ2v) is 8.94. The second-order valence-electron chi connectivity index (χ2n) is 7.19. The molecule has 0 radical (unpaired) electrons. The van der Waals surface area contributed by atoms with Gasteiger partial charge in [0.2, 0.25) is 0 Å². The summed E-state index contributed by atoms with van der Waals surface area (Å²) in [4.78, 5) is 18.9. The number of allylic oxidation sites excluding steroid dienone is 2. The molecular weight excluding hydrogens is 376 g/mol. The summed E-state index contributed by atoms with van der Waals surface area (Å²) in [7, 11) is -3.50. The van der Waals surface area contributed by atoms with Crippen LogP contribution in [0.4, 0.5) is 0 Å². The van der Waals surface area contributed by atoms with Crippen molar-refractivity contribution in [1.82, 2.24) is 14.7 Å². The summed E-state index contributed by atoms with van der Waals surface area (Å²) >= 11 is 0. The van der Waals surface area contributed by atoms with Crippen molar-refractivity contribution in [3.05, 3.63) is 59.8 Å². The zero-order valence-corrected chi connectivity index (χ0v) is 16.5. The smallest absolute Gasteiger partial charge is 0.257 e. The first kappa shape index (κ1) is 18.9. The van der Waals surface area contributed by atoms with E-state index in [9.17, 15) is 13.2 Å². The van der Waals surface area contributed by atoms with Crippen molar-refractivity contribution in [2.45, 2.75) is 6.42 Å². The number of nitrogens with zero attached hydrogens (tertiary/aromatic N) is 4. The molecule has 3 aliphatic heterocycles. The van der Waals surface area contributed by atoms with Gasteiger partial charge < -0.3 is 9.80 Å². The molecule has 0 N–H and O–H groups in total. The van der Waals surface area contributed by atoms with Crippen molar-refractivity contribution in [3.8, 4) is 0 Å². The van der Waals surface area contributed by atoms with E-state index >= 15 is 0 Å². The lowest BCUT2D eigenvalue weighted by molar-refractivity contribution is -0.128. The maximum absolute atomic E-state index is 13.0. The Bertz CT molecular complexity index is 929. The van der Waals surface area contributed by atoms with E-state index in [1.807, 2.05) is 6.07 Å². The highest BCUT2D eigenvalue weighted by molar-refractivity contribution is 7.90. The highest BCUT2D eigenvalue weighted by atomic mass is 32.2. The molecule has 148 valence electrons. The Morgan fingerprint density at radius 1 is 1.04 bits per heavy atom. The minimum Gasteiger partial charge on any atom is -0.336 e. The van der Waals surface area contributed by atoms with Gasteiger partial charge in [0.05, 0.1) is 11.3 Å². The monoisotopic (exact) mass is 400 g/mol. The molecule has 3 heterocycles. The number of piperazine rings is 1. The first-order chi connectivity index (χ1) is 13.5. The average molecular weight is 401 g/mol. The van der Waals surface area contributed by atoms with Gasteiger partial charge >= 0.3 is 0 Å². The number of amides is 1. The summed E-state index contributed by atoms with van der Waals surface area (Å²) in [6.07, 6.45) is 6.21. The van der Waals surface area contributed by atoms with Crippen molar-refractivity contribution < 1.29 is 13.2 Å². The van der Waals surface area contributed by atoms with Gasteiger partial charge in [0.1, 0.15) is 0 Å². The van der Waals surface area contributed by atoms with Gasteiger partial charge in [-0.1, -0.05) is 30.3 Å². The van der Waals surface area contributed by atoms with Gasteiger partial charge in [0.15, 0.2) is 5.84 Å². The van der Waals surface area contributed by atoms with E-state index in [-0.39, 0.29) is 17.5 Å². The highest BCUT2D eigenvalue weighted by Gasteiger charge is 2.33. The predicted octanol–water partition coefficient (Wildman–Crippen LogP) is 0.871. The molecule has 1 fully saturated rings. The Hall–Kier alpha value is -2.45. The van der Waals surface area contributed by atoms with E-state index in [0.717, 1.165) is 26.1 Å². The molecule has 3 aliphatic rings. The topological polar surface area (TPSA) is 73.3 Å². The molecule has 7 nitrogen and oxygen atoms in total. The number of hydrogen-bond acceptors (Lipinski definition) is 5. The SMILES string of the molecule is O=C(C1=CC=CN2CCS(=O)(=O)N=C12)N1CCN(CCc2ccccc2)CC1. The maximum Gasteiger partial charge on any atom is 0.257 e. The lowest BCUT2D eigenvalue weighted by atomic mass is 10.1. The van der Waals surface area contributed by atoms with Crippen LogP contribution in [0.15, 0.2) is 58.7 Å². The number of amidine groups is 1. The van der Waals surface area contributed by atoms with E-state index in [1.165, 1.54) is 5.56 Å². The van der Waals surface area contributed by atoms with E-state index in [0.29, 0.717) is 25.2 Å². The quantitative estimate of drug-likeness (QED) is 0.750. The third-order valence-corrected chi connectivity index (χ3v) is 6.46. The molecule has 0 aliphatic carbocycles. The van der Waals surface area contributed by atoms with E-state index < -0.39 is 10.0 Å². The Morgan fingerprint density at radius 2 is 1.79 bits per heavy atom. The predicted molar refractivity (Wildman–Crippen MR) is 108 cm³/mol. The maximum atomic E-state index is 13.0. The van der Waals surface area contributed by atoms with Gasteiger partial charge in [0, 0.05) is 45.5 Å². The fourth-order valence-corrected chi connectivity index (χ4v) is 4.65. The van der Waals surface area contributed by atoms with Crippen molar-refractivity contribution in [3.63, 3.8) is 0 Å². The lowest BCUT2D eigenvalue weighted by Crippen LogP contribution is -2.51. The summed E-state index contributed by atoms with van der Waals surface area (Å²) in [5.74, 6) is 0.0840. The third-order valence-electron chi connectivity index (χ3n) is 5.31. The fourth-order valence-electron chi connectivity index (χ4n) is 3.66. The van der Waals surface area contributed by atoms with Crippen molar-refractivity contribution in [2.24, 2.45) is 4.40 Å². The van der Waals surface area contributed by atoms with Crippen LogP contribution in [0.5, 0.6) is 0 Å². The number of carbonyl (C=O) groups is 1. The van der Waals surface area contributed by atoms with Gasteiger partial charge in [-0.25, -0.2) is 8.42 Å². The van der Waals surface area contributed by atoms with Crippen LogP contribution in [0, 0.1) is 0 Å². The molecular formula is C20H24N4O3S. The number of sulfonamides is 1. The Morgan fingerprint density at radius 3 is 2.54 bits per heavy atom.